The van der Waals surface area contributed by atoms with Gasteiger partial charge in [0.1, 0.15) is 0 Å². The van der Waals surface area contributed by atoms with Crippen molar-refractivity contribution in [2.24, 2.45) is 5.73 Å². The quantitative estimate of drug-likeness (QED) is 0.790. The maximum Gasteiger partial charge on any atom is 0.312 e. The highest BCUT2D eigenvalue weighted by molar-refractivity contribution is 6.04. The minimum absolute atomic E-state index is 0.183. The third-order valence-corrected chi connectivity index (χ3v) is 3.32. The van der Waals surface area contributed by atoms with Crippen molar-refractivity contribution in [2.75, 3.05) is 24.3 Å². The lowest BCUT2D eigenvalue weighted by molar-refractivity contribution is 0.102. The zero-order valence-corrected chi connectivity index (χ0v) is 13.2. The van der Waals surface area contributed by atoms with Crippen molar-refractivity contribution in [2.45, 2.75) is 6.54 Å². The number of hydrogen-bond donors (Lipinski definition) is 3. The maximum atomic E-state index is 12.2. The van der Waals surface area contributed by atoms with E-state index in [0.29, 0.717) is 12.1 Å². The zero-order valence-electron chi connectivity index (χ0n) is 13.2. The topological polar surface area (TPSA) is 87.5 Å². The molecule has 2 aromatic carbocycles. The van der Waals surface area contributed by atoms with E-state index in [2.05, 4.69) is 10.6 Å². The number of urea groups is 1. The summed E-state index contributed by atoms with van der Waals surface area (Å²) in [5.41, 5.74) is 8.23. The molecule has 0 bridgehead atoms. The maximum absolute atomic E-state index is 12.2. The van der Waals surface area contributed by atoms with Crippen molar-refractivity contribution in [3.05, 3.63) is 59.7 Å². The van der Waals surface area contributed by atoms with Crippen LogP contribution in [0.5, 0.6) is 0 Å². The third-order valence-electron chi connectivity index (χ3n) is 3.32. The number of nitrogens with one attached hydrogen (secondary N) is 2. The molecule has 0 aliphatic carbocycles. The normalized spacial score (nSPS) is 10.0. The molecule has 0 heterocycles. The van der Waals surface area contributed by atoms with Crippen molar-refractivity contribution >= 4 is 23.3 Å². The zero-order chi connectivity index (χ0) is 16.8. The van der Waals surface area contributed by atoms with Crippen molar-refractivity contribution in [3.63, 3.8) is 0 Å². The van der Waals surface area contributed by atoms with E-state index in [9.17, 15) is 9.59 Å². The van der Waals surface area contributed by atoms with E-state index in [1.54, 1.807) is 24.3 Å². The predicted octanol–water partition coefficient (Wildman–Crippen LogP) is 2.17. The van der Waals surface area contributed by atoms with E-state index in [1.807, 2.05) is 43.3 Å². The monoisotopic (exact) mass is 312 g/mol. The smallest absolute Gasteiger partial charge is 0.312 e. The molecule has 0 atom stereocenters. The summed E-state index contributed by atoms with van der Waals surface area (Å²) in [6.07, 6.45) is 0. The van der Waals surface area contributed by atoms with Crippen molar-refractivity contribution in [1.29, 1.82) is 0 Å². The first-order valence-electron chi connectivity index (χ1n) is 7.16. The average molecular weight is 312 g/mol. The molecule has 3 amide bonds. The number of carbonyl (C=O) groups is 2. The molecule has 0 saturated carbocycles. The van der Waals surface area contributed by atoms with E-state index in [4.69, 9.17) is 5.73 Å². The second-order valence-electron chi connectivity index (χ2n) is 5.31. The molecular weight excluding hydrogens is 292 g/mol. The summed E-state index contributed by atoms with van der Waals surface area (Å²) in [4.78, 5) is 24.9. The summed E-state index contributed by atoms with van der Waals surface area (Å²) in [5.74, 6) is -0.183. The van der Waals surface area contributed by atoms with Crippen LogP contribution in [-0.4, -0.2) is 26.0 Å². The molecule has 0 radical (unpaired) electrons. The molecule has 0 fully saturated rings. The van der Waals surface area contributed by atoms with Gasteiger partial charge in [-0.2, -0.15) is 0 Å². The minimum Gasteiger partial charge on any atom is -0.378 e. The van der Waals surface area contributed by atoms with Gasteiger partial charge < -0.3 is 21.3 Å². The van der Waals surface area contributed by atoms with Gasteiger partial charge in [0.2, 0.25) is 0 Å². The number of benzene rings is 2. The van der Waals surface area contributed by atoms with Gasteiger partial charge in [0, 0.05) is 37.6 Å². The molecule has 0 aliphatic heterocycles. The van der Waals surface area contributed by atoms with E-state index in [0.717, 1.165) is 16.9 Å². The summed E-state index contributed by atoms with van der Waals surface area (Å²) < 4.78 is 0. The third kappa shape index (κ3) is 4.74. The Balaban J connectivity index is 1.98. The molecule has 0 unspecified atom stereocenters. The van der Waals surface area contributed by atoms with Gasteiger partial charge in [-0.25, -0.2) is 4.79 Å². The van der Waals surface area contributed by atoms with Crippen LogP contribution >= 0.6 is 0 Å². The number of amides is 3. The number of nitrogens with two attached hydrogens (primary N) is 1. The fraction of sp³-hybridized carbons (Fsp3) is 0.176. The molecule has 0 saturated heterocycles. The van der Waals surface area contributed by atoms with Crippen LogP contribution in [0.1, 0.15) is 15.9 Å². The molecule has 2 aromatic rings. The Morgan fingerprint density at radius 2 is 1.61 bits per heavy atom. The highest BCUT2D eigenvalue weighted by Crippen LogP contribution is 2.16. The second kappa shape index (κ2) is 7.31. The van der Waals surface area contributed by atoms with E-state index in [-0.39, 0.29) is 5.91 Å². The van der Waals surface area contributed by atoms with E-state index >= 15 is 0 Å². The largest absolute Gasteiger partial charge is 0.378 e. The highest BCUT2D eigenvalue weighted by Gasteiger charge is 2.06. The minimum atomic E-state index is -0.576. The lowest BCUT2D eigenvalue weighted by atomic mass is 10.1. The number of carbonyl (C=O) groups excluding carboxylic acids is 2. The van der Waals surface area contributed by atoms with Gasteiger partial charge in [0.05, 0.1) is 0 Å². The van der Waals surface area contributed by atoms with Crippen LogP contribution in [-0.2, 0) is 6.54 Å². The molecule has 0 aliphatic rings. The van der Waals surface area contributed by atoms with Gasteiger partial charge in [-0.3, -0.25) is 4.79 Å². The first-order valence-corrected chi connectivity index (χ1v) is 7.16. The van der Waals surface area contributed by atoms with Crippen molar-refractivity contribution in [3.8, 4) is 0 Å². The summed E-state index contributed by atoms with van der Waals surface area (Å²) >= 11 is 0. The van der Waals surface area contributed by atoms with Crippen molar-refractivity contribution in [1.82, 2.24) is 5.32 Å². The number of hydrogen-bond acceptors (Lipinski definition) is 3. The SMILES string of the molecule is CN(C)c1ccc(NC(=O)c2ccc(CNC(N)=O)cc2)cc1. The lowest BCUT2D eigenvalue weighted by Crippen LogP contribution is -2.28. The Hall–Kier alpha value is -3.02. The molecule has 0 aromatic heterocycles. The Morgan fingerprint density at radius 3 is 2.13 bits per heavy atom. The molecular formula is C17H20N4O2. The first-order chi connectivity index (χ1) is 11.0. The number of rotatable bonds is 5. The number of anilines is 2. The molecule has 0 spiro atoms. The Bertz CT molecular complexity index is 679. The molecule has 4 N–H and O–H groups in total. The predicted molar refractivity (Wildman–Crippen MR) is 91.6 cm³/mol. The molecule has 23 heavy (non-hydrogen) atoms. The van der Waals surface area contributed by atoms with E-state index < -0.39 is 6.03 Å². The number of nitrogens with zero attached hydrogens (tertiary/aromatic N) is 1. The van der Waals surface area contributed by atoms with Gasteiger partial charge in [-0.05, 0) is 42.0 Å². The van der Waals surface area contributed by atoms with Crippen LogP contribution in [0.25, 0.3) is 0 Å². The molecule has 6 nitrogen and oxygen atoms in total. The first kappa shape index (κ1) is 16.4. The van der Waals surface area contributed by atoms with Gasteiger partial charge in [-0.15, -0.1) is 0 Å². The van der Waals surface area contributed by atoms with Gasteiger partial charge in [0.25, 0.3) is 5.91 Å². The summed E-state index contributed by atoms with van der Waals surface area (Å²) in [6, 6.07) is 14.0. The summed E-state index contributed by atoms with van der Waals surface area (Å²) in [7, 11) is 3.92. The standard InChI is InChI=1S/C17H20N4O2/c1-21(2)15-9-7-14(8-10-15)20-16(22)13-5-3-12(4-6-13)11-19-17(18)23/h3-10H,11H2,1-2H3,(H,20,22)(H3,18,19,23). The number of primary amides is 1. The Kier molecular flexibility index (Phi) is 5.19. The van der Waals surface area contributed by atoms with E-state index in [1.165, 1.54) is 0 Å². The second-order valence-corrected chi connectivity index (χ2v) is 5.31. The summed E-state index contributed by atoms with van der Waals surface area (Å²) in [5, 5.41) is 5.35. The van der Waals surface area contributed by atoms with Gasteiger partial charge >= 0.3 is 6.03 Å². The fourth-order valence-electron chi connectivity index (χ4n) is 2.01. The van der Waals surface area contributed by atoms with Crippen LogP contribution in [0.2, 0.25) is 0 Å². The Labute approximate surface area is 135 Å². The van der Waals surface area contributed by atoms with Crippen LogP contribution in [0.15, 0.2) is 48.5 Å². The average Bonchev–Trinajstić information content (AvgIpc) is 2.54. The van der Waals surface area contributed by atoms with Gasteiger partial charge in [-0.1, -0.05) is 12.1 Å². The van der Waals surface area contributed by atoms with Crippen LogP contribution in [0, 0.1) is 0 Å². The lowest BCUT2D eigenvalue weighted by Gasteiger charge is -2.13. The Morgan fingerprint density at radius 1 is 1.00 bits per heavy atom. The van der Waals surface area contributed by atoms with Crippen LogP contribution in [0.4, 0.5) is 16.2 Å². The molecule has 2 rings (SSSR count). The van der Waals surface area contributed by atoms with Gasteiger partial charge in [0.15, 0.2) is 0 Å². The summed E-state index contributed by atoms with van der Waals surface area (Å²) in [6.45, 7) is 0.337. The van der Waals surface area contributed by atoms with Crippen molar-refractivity contribution < 1.29 is 9.59 Å². The molecule has 6 heteroatoms. The fourth-order valence-corrected chi connectivity index (χ4v) is 2.01. The highest BCUT2D eigenvalue weighted by atomic mass is 16.2. The van der Waals surface area contributed by atoms with Crippen LogP contribution in [0.3, 0.4) is 0 Å². The van der Waals surface area contributed by atoms with Crippen LogP contribution < -0.4 is 21.3 Å². The molecule has 120 valence electrons.